The van der Waals surface area contributed by atoms with E-state index in [0.29, 0.717) is 5.02 Å². The lowest BCUT2D eigenvalue weighted by molar-refractivity contribution is 0.811. The fraction of sp³-hybridized carbons (Fsp3) is 0.312. The van der Waals surface area contributed by atoms with Crippen molar-refractivity contribution in [3.8, 4) is 0 Å². The van der Waals surface area contributed by atoms with Gasteiger partial charge >= 0.3 is 0 Å². The first kappa shape index (κ1) is 14.8. The number of nitrogens with zero attached hydrogens (tertiary/aromatic N) is 2. The highest BCUT2D eigenvalue weighted by atomic mass is 35.5. The molecule has 0 radical (unpaired) electrons. The monoisotopic (exact) mass is 289 g/mol. The van der Waals surface area contributed by atoms with Crippen LogP contribution in [0.4, 0.5) is 5.82 Å². The maximum absolute atomic E-state index is 6.14. The van der Waals surface area contributed by atoms with E-state index >= 15 is 0 Å². The van der Waals surface area contributed by atoms with Crippen molar-refractivity contribution in [3.63, 3.8) is 0 Å². The molecule has 3 nitrogen and oxygen atoms in total. The van der Waals surface area contributed by atoms with Gasteiger partial charge in [0.05, 0.1) is 5.02 Å². The quantitative estimate of drug-likeness (QED) is 0.914. The molecule has 0 fully saturated rings. The van der Waals surface area contributed by atoms with Gasteiger partial charge in [0.1, 0.15) is 5.82 Å². The van der Waals surface area contributed by atoms with Gasteiger partial charge in [0, 0.05) is 26.3 Å². The third-order valence-corrected chi connectivity index (χ3v) is 3.56. The van der Waals surface area contributed by atoms with E-state index in [0.717, 1.165) is 24.5 Å². The number of benzene rings is 1. The molecule has 0 spiro atoms. The molecule has 1 N–H and O–H groups in total. The number of nitrogens with one attached hydrogen (secondary N) is 1. The Kier molecular flexibility index (Phi) is 4.99. The Morgan fingerprint density at radius 1 is 1.25 bits per heavy atom. The van der Waals surface area contributed by atoms with Crippen molar-refractivity contribution in [2.24, 2.45) is 0 Å². The van der Waals surface area contributed by atoms with Gasteiger partial charge in [-0.15, -0.1) is 0 Å². The smallest absolute Gasteiger partial charge is 0.128 e. The molecule has 0 atom stereocenters. The predicted molar refractivity (Wildman–Crippen MR) is 85.3 cm³/mol. The summed E-state index contributed by atoms with van der Waals surface area (Å²) in [5.74, 6) is 0.931. The zero-order valence-corrected chi connectivity index (χ0v) is 12.9. The normalized spacial score (nSPS) is 10.6. The molecule has 0 aliphatic heterocycles. The molecule has 0 bridgehead atoms. The number of pyridine rings is 1. The van der Waals surface area contributed by atoms with Gasteiger partial charge in [-0.05, 0) is 31.2 Å². The van der Waals surface area contributed by atoms with E-state index in [1.807, 2.05) is 20.2 Å². The van der Waals surface area contributed by atoms with Crippen molar-refractivity contribution in [1.82, 2.24) is 10.3 Å². The molecule has 1 aromatic heterocycles. The molecule has 0 saturated heterocycles. The molecule has 2 rings (SSSR count). The van der Waals surface area contributed by atoms with E-state index in [9.17, 15) is 0 Å². The molecule has 106 valence electrons. The van der Waals surface area contributed by atoms with Gasteiger partial charge in [0.2, 0.25) is 0 Å². The minimum atomic E-state index is 0.701. The number of halogens is 1. The van der Waals surface area contributed by atoms with Crippen LogP contribution in [0.1, 0.15) is 16.7 Å². The fourth-order valence-electron chi connectivity index (χ4n) is 2.05. The number of aryl methyl sites for hydroxylation is 1. The number of hydrogen-bond acceptors (Lipinski definition) is 3. The first-order valence-corrected chi connectivity index (χ1v) is 7.03. The van der Waals surface area contributed by atoms with E-state index in [1.54, 1.807) is 6.20 Å². The van der Waals surface area contributed by atoms with Gasteiger partial charge in [-0.2, -0.15) is 0 Å². The van der Waals surface area contributed by atoms with Crippen LogP contribution >= 0.6 is 11.6 Å². The molecule has 0 aliphatic rings. The summed E-state index contributed by atoms with van der Waals surface area (Å²) < 4.78 is 0. The second-order valence-electron chi connectivity index (χ2n) is 5.01. The van der Waals surface area contributed by atoms with Gasteiger partial charge in [-0.25, -0.2) is 4.98 Å². The van der Waals surface area contributed by atoms with E-state index in [-0.39, 0.29) is 0 Å². The van der Waals surface area contributed by atoms with Crippen LogP contribution in [0.2, 0.25) is 5.02 Å². The van der Waals surface area contributed by atoms with Crippen LogP contribution in [0.3, 0.4) is 0 Å². The van der Waals surface area contributed by atoms with E-state index in [4.69, 9.17) is 11.6 Å². The average Bonchev–Trinajstić information content (AvgIpc) is 2.44. The van der Waals surface area contributed by atoms with Crippen LogP contribution in [-0.2, 0) is 13.1 Å². The van der Waals surface area contributed by atoms with E-state index in [2.05, 4.69) is 46.4 Å². The minimum Gasteiger partial charge on any atom is -0.355 e. The van der Waals surface area contributed by atoms with E-state index < -0.39 is 0 Å². The summed E-state index contributed by atoms with van der Waals surface area (Å²) >= 11 is 6.14. The second-order valence-corrected chi connectivity index (χ2v) is 5.41. The van der Waals surface area contributed by atoms with Crippen LogP contribution in [-0.4, -0.2) is 19.1 Å². The summed E-state index contributed by atoms with van der Waals surface area (Å²) in [6, 6.07) is 10.6. The number of aromatic nitrogens is 1. The van der Waals surface area contributed by atoms with Crippen molar-refractivity contribution in [1.29, 1.82) is 0 Å². The molecule has 0 amide bonds. The highest BCUT2D eigenvalue weighted by molar-refractivity contribution is 6.31. The molecule has 20 heavy (non-hydrogen) atoms. The van der Waals surface area contributed by atoms with Gasteiger partial charge < -0.3 is 10.2 Å². The summed E-state index contributed by atoms with van der Waals surface area (Å²) in [5, 5.41) is 3.82. The fourth-order valence-corrected chi connectivity index (χ4v) is 2.22. The van der Waals surface area contributed by atoms with Crippen LogP contribution in [0.25, 0.3) is 0 Å². The summed E-state index contributed by atoms with van der Waals surface area (Å²) in [7, 11) is 3.95. The zero-order chi connectivity index (χ0) is 14.5. The average molecular weight is 290 g/mol. The second kappa shape index (κ2) is 6.73. The summed E-state index contributed by atoms with van der Waals surface area (Å²) in [4.78, 5) is 6.53. The van der Waals surface area contributed by atoms with Crippen molar-refractivity contribution in [2.45, 2.75) is 20.0 Å². The molecule has 0 aliphatic carbocycles. The first-order valence-electron chi connectivity index (χ1n) is 6.66. The number of rotatable bonds is 5. The minimum absolute atomic E-state index is 0.701. The van der Waals surface area contributed by atoms with Gasteiger partial charge in [-0.1, -0.05) is 41.4 Å². The Bertz CT molecular complexity index is 566. The highest BCUT2D eigenvalue weighted by Crippen LogP contribution is 2.21. The summed E-state index contributed by atoms with van der Waals surface area (Å²) in [6.45, 7) is 3.67. The van der Waals surface area contributed by atoms with Crippen LogP contribution in [0.5, 0.6) is 0 Å². The maximum atomic E-state index is 6.14. The van der Waals surface area contributed by atoms with E-state index in [1.165, 1.54) is 11.1 Å². The Morgan fingerprint density at radius 2 is 1.95 bits per heavy atom. The Hall–Kier alpha value is -1.58. The molecule has 1 heterocycles. The largest absolute Gasteiger partial charge is 0.355 e. The molecular formula is C16H20ClN3. The Labute approximate surface area is 125 Å². The molecule has 1 aromatic carbocycles. The third-order valence-electron chi connectivity index (χ3n) is 3.22. The Balaban J connectivity index is 2.14. The SMILES string of the molecule is CNCc1cc(N(C)Cc2ccc(C)cc2)ncc1Cl. The lowest BCUT2D eigenvalue weighted by Gasteiger charge is -2.19. The lowest BCUT2D eigenvalue weighted by Crippen LogP contribution is -2.18. The number of anilines is 1. The molecule has 4 heteroatoms. The topological polar surface area (TPSA) is 28.2 Å². The van der Waals surface area contributed by atoms with Gasteiger partial charge in [0.25, 0.3) is 0 Å². The van der Waals surface area contributed by atoms with Gasteiger partial charge in [0.15, 0.2) is 0 Å². The Morgan fingerprint density at radius 3 is 2.60 bits per heavy atom. The number of hydrogen-bond donors (Lipinski definition) is 1. The van der Waals surface area contributed by atoms with Crippen LogP contribution in [0, 0.1) is 6.92 Å². The summed E-state index contributed by atoms with van der Waals surface area (Å²) in [6.07, 6.45) is 1.72. The van der Waals surface area contributed by atoms with Crippen LogP contribution in [0.15, 0.2) is 36.5 Å². The molecule has 0 unspecified atom stereocenters. The van der Waals surface area contributed by atoms with Crippen LogP contribution < -0.4 is 10.2 Å². The molecule has 2 aromatic rings. The van der Waals surface area contributed by atoms with Crippen molar-refractivity contribution in [3.05, 3.63) is 58.2 Å². The first-order chi connectivity index (χ1) is 9.60. The highest BCUT2D eigenvalue weighted by Gasteiger charge is 2.07. The van der Waals surface area contributed by atoms with Crippen molar-refractivity contribution < 1.29 is 0 Å². The molecule has 0 saturated carbocycles. The molecular weight excluding hydrogens is 270 g/mol. The maximum Gasteiger partial charge on any atom is 0.128 e. The van der Waals surface area contributed by atoms with Crippen molar-refractivity contribution >= 4 is 17.4 Å². The summed E-state index contributed by atoms with van der Waals surface area (Å²) in [5.41, 5.74) is 3.61. The van der Waals surface area contributed by atoms with Crippen molar-refractivity contribution in [2.75, 3.05) is 19.0 Å². The lowest BCUT2D eigenvalue weighted by atomic mass is 10.1. The predicted octanol–water partition coefficient (Wildman–Crippen LogP) is 3.40. The standard InChI is InChI=1S/C16H20ClN3/c1-12-4-6-13(7-5-12)11-20(3)16-8-14(9-18-2)15(17)10-19-16/h4-8,10,18H,9,11H2,1-3H3. The third kappa shape index (κ3) is 3.71. The van der Waals surface area contributed by atoms with Gasteiger partial charge in [-0.3, -0.25) is 0 Å². The zero-order valence-electron chi connectivity index (χ0n) is 12.2.